The van der Waals surface area contributed by atoms with E-state index in [2.05, 4.69) is 15.4 Å². The quantitative estimate of drug-likeness (QED) is 0.522. The first-order valence-corrected chi connectivity index (χ1v) is 9.46. The van der Waals surface area contributed by atoms with Gasteiger partial charge in [-0.1, -0.05) is 35.6 Å². The third-order valence-corrected chi connectivity index (χ3v) is 5.02. The van der Waals surface area contributed by atoms with Crippen LogP contribution in [0.5, 0.6) is 11.5 Å². The predicted molar refractivity (Wildman–Crippen MR) is 109 cm³/mol. The number of hydrogen-bond donors (Lipinski definition) is 1. The number of amides is 1. The maximum Gasteiger partial charge on any atom is 0.291 e. The first kappa shape index (κ1) is 18.6. The van der Waals surface area contributed by atoms with Crippen LogP contribution in [0.4, 0.5) is 5.69 Å². The Morgan fingerprint density at radius 2 is 2.00 bits per heavy atom. The number of rotatable bonds is 6. The summed E-state index contributed by atoms with van der Waals surface area (Å²) in [5, 5.41) is 6.64. The zero-order valence-electron chi connectivity index (χ0n) is 15.4. The van der Waals surface area contributed by atoms with Crippen LogP contribution in [0.15, 0.2) is 59.7 Å². The van der Waals surface area contributed by atoms with E-state index in [-0.39, 0.29) is 18.1 Å². The molecule has 8 nitrogen and oxygen atoms in total. The molecule has 1 N–H and O–H groups in total. The largest absolute Gasteiger partial charge is 0.495 e. The van der Waals surface area contributed by atoms with Crippen LogP contribution in [-0.2, 0) is 4.79 Å². The normalized spacial score (nSPS) is 11.6. The van der Waals surface area contributed by atoms with Gasteiger partial charge in [0.25, 0.3) is 11.5 Å². The smallest absolute Gasteiger partial charge is 0.291 e. The van der Waals surface area contributed by atoms with Crippen molar-refractivity contribution in [2.75, 3.05) is 19.0 Å². The molecule has 0 fully saturated rings. The molecule has 0 saturated heterocycles. The van der Waals surface area contributed by atoms with Crippen molar-refractivity contribution in [1.29, 1.82) is 0 Å². The van der Waals surface area contributed by atoms with E-state index in [1.165, 1.54) is 22.2 Å². The second kappa shape index (κ2) is 8.11. The van der Waals surface area contributed by atoms with Gasteiger partial charge >= 0.3 is 0 Å². The molecule has 1 amide bonds. The third-order valence-electron chi connectivity index (χ3n) is 4.05. The molecule has 2 aromatic heterocycles. The van der Waals surface area contributed by atoms with E-state index in [1.54, 1.807) is 37.5 Å². The fraction of sp³-hybridized carbons (Fsp3) is 0.100. The second-order valence-corrected chi connectivity index (χ2v) is 6.99. The molecule has 146 valence electrons. The monoisotopic (exact) mass is 408 g/mol. The standard InChI is InChI=1S/C20H16N4O4S/c1-27-16-5-3-2-4-15(16)23-18(25)11-28-14-8-6-13(7-9-14)10-17-19(26)24-20(29-17)21-12-22-24/h2-10,12H,11H2,1H3,(H,23,25)/b17-10-. The molecule has 0 atom stereocenters. The van der Waals surface area contributed by atoms with E-state index in [0.29, 0.717) is 26.7 Å². The molecule has 0 bridgehead atoms. The molecule has 4 aromatic rings. The first-order valence-electron chi connectivity index (χ1n) is 8.64. The average Bonchev–Trinajstić information content (AvgIpc) is 3.31. The number of aromatic nitrogens is 3. The van der Waals surface area contributed by atoms with Gasteiger partial charge in [-0.2, -0.15) is 9.61 Å². The number of nitrogens with zero attached hydrogens (tertiary/aromatic N) is 3. The van der Waals surface area contributed by atoms with Gasteiger partial charge in [0.15, 0.2) is 6.61 Å². The van der Waals surface area contributed by atoms with E-state index in [4.69, 9.17) is 9.47 Å². The van der Waals surface area contributed by atoms with Gasteiger partial charge < -0.3 is 14.8 Å². The topological polar surface area (TPSA) is 94.8 Å². The van der Waals surface area contributed by atoms with Gasteiger partial charge in [-0.05, 0) is 35.9 Å². The number of carbonyl (C=O) groups excluding carboxylic acids is 1. The SMILES string of the molecule is COc1ccccc1NC(=O)COc1ccc(/C=c2\sc3ncnn3c2=O)cc1. The highest BCUT2D eigenvalue weighted by molar-refractivity contribution is 7.15. The second-order valence-electron chi connectivity index (χ2n) is 5.98. The summed E-state index contributed by atoms with van der Waals surface area (Å²) in [6.45, 7) is -0.139. The number of fused-ring (bicyclic) bond motifs is 1. The summed E-state index contributed by atoms with van der Waals surface area (Å²) in [6.07, 6.45) is 3.12. The highest BCUT2D eigenvalue weighted by Crippen LogP contribution is 2.23. The lowest BCUT2D eigenvalue weighted by molar-refractivity contribution is -0.118. The molecule has 0 radical (unpaired) electrons. The van der Waals surface area contributed by atoms with Gasteiger partial charge in [-0.15, -0.1) is 0 Å². The Balaban J connectivity index is 1.40. The lowest BCUT2D eigenvalue weighted by atomic mass is 10.2. The fourth-order valence-electron chi connectivity index (χ4n) is 2.67. The predicted octanol–water partition coefficient (Wildman–Crippen LogP) is 1.72. The van der Waals surface area contributed by atoms with Gasteiger partial charge in [0, 0.05) is 0 Å². The molecule has 0 spiro atoms. The molecular formula is C20H16N4O4S. The Morgan fingerprint density at radius 1 is 1.21 bits per heavy atom. The van der Waals surface area contributed by atoms with E-state index in [9.17, 15) is 9.59 Å². The van der Waals surface area contributed by atoms with Gasteiger partial charge in [0.2, 0.25) is 4.96 Å². The molecule has 0 aliphatic rings. The summed E-state index contributed by atoms with van der Waals surface area (Å²) in [6, 6.07) is 14.2. The van der Waals surface area contributed by atoms with Crippen molar-refractivity contribution in [3.63, 3.8) is 0 Å². The first-order chi connectivity index (χ1) is 14.1. The molecule has 2 heterocycles. The van der Waals surface area contributed by atoms with Crippen molar-refractivity contribution in [1.82, 2.24) is 14.6 Å². The number of thiazole rings is 1. The molecular weight excluding hydrogens is 392 g/mol. The van der Waals surface area contributed by atoms with Crippen molar-refractivity contribution in [3.05, 3.63) is 75.3 Å². The van der Waals surface area contributed by atoms with Crippen LogP contribution < -0.4 is 24.9 Å². The lowest BCUT2D eigenvalue weighted by Crippen LogP contribution is -2.23. The number of anilines is 1. The van der Waals surface area contributed by atoms with Gasteiger partial charge in [-0.3, -0.25) is 9.59 Å². The van der Waals surface area contributed by atoms with Crippen molar-refractivity contribution in [2.45, 2.75) is 0 Å². The van der Waals surface area contributed by atoms with Crippen LogP contribution in [0, 0.1) is 0 Å². The number of para-hydroxylation sites is 2. The van der Waals surface area contributed by atoms with Crippen molar-refractivity contribution >= 4 is 34.0 Å². The Labute approximate surface area is 169 Å². The summed E-state index contributed by atoms with van der Waals surface area (Å²) in [5.41, 5.74) is 1.21. The Kier molecular flexibility index (Phi) is 5.21. The maximum atomic E-state index is 12.2. The molecule has 2 aromatic carbocycles. The molecule has 0 aliphatic heterocycles. The van der Waals surface area contributed by atoms with Gasteiger partial charge in [0.1, 0.15) is 17.8 Å². The highest BCUT2D eigenvalue weighted by Gasteiger charge is 2.08. The fourth-order valence-corrected chi connectivity index (χ4v) is 3.55. The Morgan fingerprint density at radius 3 is 2.76 bits per heavy atom. The number of hydrogen-bond acceptors (Lipinski definition) is 7. The van der Waals surface area contributed by atoms with Crippen molar-refractivity contribution in [2.24, 2.45) is 0 Å². The van der Waals surface area contributed by atoms with Crippen LogP contribution in [0.3, 0.4) is 0 Å². The number of carbonyl (C=O) groups is 1. The lowest BCUT2D eigenvalue weighted by Gasteiger charge is -2.10. The van der Waals surface area contributed by atoms with Crippen molar-refractivity contribution in [3.8, 4) is 11.5 Å². The molecule has 0 saturated carbocycles. The minimum Gasteiger partial charge on any atom is -0.495 e. The molecule has 0 unspecified atom stereocenters. The zero-order chi connectivity index (χ0) is 20.2. The van der Waals surface area contributed by atoms with Crippen LogP contribution >= 0.6 is 11.3 Å². The van der Waals surface area contributed by atoms with Crippen LogP contribution in [0.1, 0.15) is 5.56 Å². The van der Waals surface area contributed by atoms with E-state index in [0.717, 1.165) is 5.56 Å². The molecule has 0 aliphatic carbocycles. The molecule has 4 rings (SSSR count). The third kappa shape index (κ3) is 4.09. The summed E-state index contributed by atoms with van der Waals surface area (Å²) >= 11 is 1.27. The zero-order valence-corrected chi connectivity index (χ0v) is 16.2. The minimum atomic E-state index is -0.296. The van der Waals surface area contributed by atoms with Crippen LogP contribution in [0.2, 0.25) is 0 Å². The Hall–Kier alpha value is -3.72. The summed E-state index contributed by atoms with van der Waals surface area (Å²) in [4.78, 5) is 28.9. The maximum absolute atomic E-state index is 12.2. The van der Waals surface area contributed by atoms with Crippen LogP contribution in [0.25, 0.3) is 11.0 Å². The number of methoxy groups -OCH3 is 1. The Bertz CT molecular complexity index is 1260. The van der Waals surface area contributed by atoms with E-state index >= 15 is 0 Å². The molecule has 29 heavy (non-hydrogen) atoms. The number of ether oxygens (including phenoxy) is 2. The number of nitrogens with one attached hydrogen (secondary N) is 1. The number of benzene rings is 2. The molecule has 9 heteroatoms. The summed E-state index contributed by atoms with van der Waals surface area (Å²) < 4.78 is 12.6. The summed E-state index contributed by atoms with van der Waals surface area (Å²) in [5.74, 6) is 0.826. The average molecular weight is 408 g/mol. The van der Waals surface area contributed by atoms with Crippen molar-refractivity contribution < 1.29 is 14.3 Å². The van der Waals surface area contributed by atoms with E-state index < -0.39 is 0 Å². The van der Waals surface area contributed by atoms with E-state index in [1.807, 2.05) is 24.3 Å². The minimum absolute atomic E-state index is 0.139. The highest BCUT2D eigenvalue weighted by atomic mass is 32.1. The van der Waals surface area contributed by atoms with Gasteiger partial charge in [0.05, 0.1) is 17.3 Å². The van der Waals surface area contributed by atoms with Gasteiger partial charge in [-0.25, -0.2) is 4.98 Å². The van der Waals surface area contributed by atoms with Crippen LogP contribution in [-0.4, -0.2) is 34.2 Å². The summed E-state index contributed by atoms with van der Waals surface area (Å²) in [7, 11) is 1.54.